The minimum Gasteiger partial charge on any atom is -0.492 e. The van der Waals surface area contributed by atoms with E-state index < -0.39 is 5.50 Å². The van der Waals surface area contributed by atoms with Crippen LogP contribution in [0.15, 0.2) is 72.8 Å². The van der Waals surface area contributed by atoms with Crippen molar-refractivity contribution >= 4 is 23.2 Å². The van der Waals surface area contributed by atoms with E-state index in [2.05, 4.69) is 4.90 Å². The molecule has 0 N–H and O–H groups in total. The predicted molar refractivity (Wildman–Crippen MR) is 155 cm³/mol. The topological polar surface area (TPSA) is 51.2 Å². The molecule has 206 valence electrons. The second-order valence-corrected chi connectivity index (χ2v) is 10.7. The fraction of sp³-hybridized carbons (Fsp3) is 0.406. The predicted octanol–water partition coefficient (Wildman–Crippen LogP) is 6.96. The molecule has 2 saturated heterocycles. The molecule has 0 radical (unpaired) electrons. The van der Waals surface area contributed by atoms with Crippen LogP contribution in [0.2, 0.25) is 0 Å². The highest BCUT2D eigenvalue weighted by molar-refractivity contribution is 6.25. The largest absolute Gasteiger partial charge is 0.492 e. The van der Waals surface area contributed by atoms with E-state index in [1.165, 1.54) is 12.8 Å². The number of hydrogen-bond donors (Lipinski definition) is 0. The lowest BCUT2D eigenvalue weighted by Gasteiger charge is -2.29. The molecule has 3 aromatic rings. The average molecular weight is 549 g/mol. The van der Waals surface area contributed by atoms with Crippen molar-refractivity contribution < 1.29 is 19.0 Å². The number of likely N-dealkylation sites (tertiary alicyclic amines) is 1. The number of anilines is 1. The van der Waals surface area contributed by atoms with Gasteiger partial charge in [-0.05, 0) is 99.8 Å². The first-order valence-corrected chi connectivity index (χ1v) is 14.4. The van der Waals surface area contributed by atoms with Crippen LogP contribution in [-0.2, 0) is 4.74 Å². The van der Waals surface area contributed by atoms with Gasteiger partial charge in [0.05, 0.1) is 6.61 Å². The molecule has 6 nitrogen and oxygen atoms in total. The van der Waals surface area contributed by atoms with Crippen molar-refractivity contribution in [2.45, 2.75) is 50.8 Å². The number of ether oxygens (including phenoxy) is 3. The zero-order valence-corrected chi connectivity index (χ0v) is 23.3. The first-order valence-electron chi connectivity index (χ1n) is 13.9. The summed E-state index contributed by atoms with van der Waals surface area (Å²) >= 11 is 7.03. The Morgan fingerprint density at radius 2 is 1.74 bits per heavy atom. The number of nitrogens with zero attached hydrogens (tertiary/aromatic N) is 2. The Balaban J connectivity index is 1.32. The molecule has 2 heterocycles. The summed E-state index contributed by atoms with van der Waals surface area (Å²) in [5, 5.41) is 0. The van der Waals surface area contributed by atoms with Gasteiger partial charge >= 0.3 is 0 Å². The third kappa shape index (κ3) is 7.33. The third-order valence-electron chi connectivity index (χ3n) is 7.26. The van der Waals surface area contributed by atoms with E-state index >= 15 is 0 Å². The summed E-state index contributed by atoms with van der Waals surface area (Å²) in [5.74, 6) is 1.33. The van der Waals surface area contributed by atoms with Crippen molar-refractivity contribution in [3.63, 3.8) is 0 Å². The Morgan fingerprint density at radius 1 is 1.00 bits per heavy atom. The molecule has 2 unspecified atom stereocenters. The number of aryl methyl sites for hydroxylation is 1. The molecular weight excluding hydrogens is 512 g/mol. The van der Waals surface area contributed by atoms with E-state index in [-0.39, 0.29) is 12.2 Å². The maximum atomic E-state index is 13.8. The summed E-state index contributed by atoms with van der Waals surface area (Å²) in [6, 6.07) is 22.7. The van der Waals surface area contributed by atoms with Crippen molar-refractivity contribution in [1.29, 1.82) is 0 Å². The summed E-state index contributed by atoms with van der Waals surface area (Å²) in [5.41, 5.74) is 2.37. The van der Waals surface area contributed by atoms with Crippen molar-refractivity contribution in [2.24, 2.45) is 0 Å². The van der Waals surface area contributed by atoms with Crippen LogP contribution in [0.25, 0.3) is 0 Å². The molecule has 2 fully saturated rings. The molecule has 1 amide bonds. The van der Waals surface area contributed by atoms with Crippen LogP contribution in [0.5, 0.6) is 11.5 Å². The van der Waals surface area contributed by atoms with Gasteiger partial charge in [-0.3, -0.25) is 14.6 Å². The van der Waals surface area contributed by atoms with Gasteiger partial charge in [-0.1, -0.05) is 41.4 Å². The number of halogens is 1. The molecule has 0 aromatic heterocycles. The molecule has 39 heavy (non-hydrogen) atoms. The van der Waals surface area contributed by atoms with Crippen LogP contribution in [0.1, 0.15) is 59.1 Å². The highest BCUT2D eigenvalue weighted by atomic mass is 35.5. The fourth-order valence-electron chi connectivity index (χ4n) is 5.08. The quantitative estimate of drug-likeness (QED) is 0.202. The van der Waals surface area contributed by atoms with Crippen molar-refractivity contribution in [1.82, 2.24) is 4.90 Å². The molecular formula is C32H37ClN2O4. The standard InChI is InChI=1S/C32H37ClN2O4/c1-24-7-6-8-26(23-24)32(36)35(27-12-16-28(17-13-27)37-22-20-34-18-3-4-19-34)31(33)25-10-14-29(15-11-25)39-30-9-2-5-21-38-30/h6-8,10-17,23,30-31H,2-5,9,18-22H2,1H3. The Kier molecular flexibility index (Phi) is 9.40. The molecule has 0 aliphatic carbocycles. The lowest BCUT2D eigenvalue weighted by Crippen LogP contribution is -2.32. The number of alkyl halides is 1. The molecule has 0 saturated carbocycles. The first kappa shape index (κ1) is 27.5. The van der Waals surface area contributed by atoms with E-state index in [0.717, 1.165) is 68.1 Å². The normalized spacial score (nSPS) is 18.5. The molecule has 2 atom stereocenters. The van der Waals surface area contributed by atoms with Crippen molar-refractivity contribution in [3.05, 3.63) is 89.5 Å². The summed E-state index contributed by atoms with van der Waals surface area (Å²) in [6.45, 7) is 6.57. The van der Waals surface area contributed by atoms with E-state index in [1.807, 2.05) is 79.7 Å². The highest BCUT2D eigenvalue weighted by Gasteiger charge is 2.27. The maximum Gasteiger partial charge on any atom is 0.259 e. The molecule has 0 spiro atoms. The molecule has 0 bridgehead atoms. The molecule has 2 aliphatic rings. The monoisotopic (exact) mass is 548 g/mol. The lowest BCUT2D eigenvalue weighted by atomic mass is 10.1. The van der Waals surface area contributed by atoms with Crippen molar-refractivity contribution in [3.8, 4) is 11.5 Å². The van der Waals surface area contributed by atoms with Crippen molar-refractivity contribution in [2.75, 3.05) is 37.7 Å². The summed E-state index contributed by atoms with van der Waals surface area (Å²) < 4.78 is 17.7. The SMILES string of the molecule is Cc1cccc(C(=O)N(c2ccc(OCCN3CCCC3)cc2)C(Cl)c2ccc(OC3CCCCO3)cc2)c1. The highest BCUT2D eigenvalue weighted by Crippen LogP contribution is 2.34. The van der Waals surface area contributed by atoms with Crippen LogP contribution in [0.4, 0.5) is 5.69 Å². The van der Waals surface area contributed by atoms with Crippen LogP contribution in [-0.4, -0.2) is 49.9 Å². The van der Waals surface area contributed by atoms with Gasteiger partial charge in [0.2, 0.25) is 0 Å². The van der Waals surface area contributed by atoms with Gasteiger partial charge in [-0.2, -0.15) is 0 Å². The van der Waals surface area contributed by atoms with Gasteiger partial charge in [0.25, 0.3) is 5.91 Å². The van der Waals surface area contributed by atoms with E-state index in [1.54, 1.807) is 4.90 Å². The lowest BCUT2D eigenvalue weighted by molar-refractivity contribution is -0.105. The zero-order chi connectivity index (χ0) is 27.0. The summed E-state index contributed by atoms with van der Waals surface area (Å²) in [4.78, 5) is 17.9. The van der Waals surface area contributed by atoms with Crippen LogP contribution >= 0.6 is 11.6 Å². The summed E-state index contributed by atoms with van der Waals surface area (Å²) in [6.07, 6.45) is 5.38. The number of carbonyl (C=O) groups is 1. The van der Waals surface area contributed by atoms with E-state index in [9.17, 15) is 4.79 Å². The number of rotatable bonds is 10. The van der Waals surface area contributed by atoms with Crippen LogP contribution in [0.3, 0.4) is 0 Å². The third-order valence-corrected chi connectivity index (χ3v) is 7.71. The second kappa shape index (κ2) is 13.3. The van der Waals surface area contributed by atoms with Gasteiger partial charge in [0, 0.05) is 24.2 Å². The Labute approximate surface area is 236 Å². The smallest absolute Gasteiger partial charge is 0.259 e. The van der Waals surface area contributed by atoms with Gasteiger partial charge < -0.3 is 14.2 Å². The second-order valence-electron chi connectivity index (χ2n) is 10.3. The average Bonchev–Trinajstić information content (AvgIpc) is 3.48. The number of carbonyl (C=O) groups excluding carboxylic acids is 1. The number of benzene rings is 3. The van der Waals surface area contributed by atoms with Gasteiger partial charge in [0.1, 0.15) is 23.6 Å². The number of hydrogen-bond acceptors (Lipinski definition) is 5. The Morgan fingerprint density at radius 3 is 2.44 bits per heavy atom. The molecule has 5 rings (SSSR count). The van der Waals surface area contributed by atoms with Gasteiger partial charge in [-0.25, -0.2) is 0 Å². The minimum atomic E-state index is -0.722. The zero-order valence-electron chi connectivity index (χ0n) is 22.6. The maximum absolute atomic E-state index is 13.8. The minimum absolute atomic E-state index is 0.169. The van der Waals surface area contributed by atoms with E-state index in [4.69, 9.17) is 25.8 Å². The van der Waals surface area contributed by atoms with Gasteiger partial charge in [-0.15, -0.1) is 0 Å². The van der Waals surface area contributed by atoms with Crippen LogP contribution in [0, 0.1) is 6.92 Å². The van der Waals surface area contributed by atoms with E-state index in [0.29, 0.717) is 17.9 Å². The molecule has 3 aromatic carbocycles. The summed E-state index contributed by atoms with van der Waals surface area (Å²) in [7, 11) is 0. The first-order chi connectivity index (χ1) is 19.1. The molecule has 2 aliphatic heterocycles. The fourth-order valence-corrected chi connectivity index (χ4v) is 5.43. The van der Waals surface area contributed by atoms with Gasteiger partial charge in [0.15, 0.2) is 6.29 Å². The molecule has 7 heteroatoms. The Hall–Kier alpha value is -3.06. The number of amides is 1. The Bertz CT molecular complexity index is 1210. The van der Waals surface area contributed by atoms with Crippen LogP contribution < -0.4 is 14.4 Å².